The minimum absolute atomic E-state index is 0.444. The van der Waals surface area contributed by atoms with Gasteiger partial charge in [-0.2, -0.15) is 5.26 Å². The second-order valence-corrected chi connectivity index (χ2v) is 6.21. The Bertz CT molecular complexity index is 561. The molecule has 1 aromatic rings. The maximum Gasteiger partial charge on any atom is 0.147 e. The average molecular weight is 284 g/mol. The van der Waals surface area contributed by atoms with Crippen molar-refractivity contribution < 1.29 is 0 Å². The second kappa shape index (κ2) is 6.03. The minimum Gasteiger partial charge on any atom is -0.352 e. The molecule has 4 heteroatoms. The van der Waals surface area contributed by atoms with Crippen LogP contribution in [0.4, 0.5) is 5.82 Å². The molecule has 0 aromatic carbocycles. The number of hydrogen-bond donors (Lipinski definition) is 1. The fourth-order valence-corrected chi connectivity index (χ4v) is 4.01. The molecule has 0 saturated heterocycles. The lowest BCUT2D eigenvalue weighted by Gasteiger charge is -2.33. The van der Waals surface area contributed by atoms with Gasteiger partial charge in [-0.25, -0.2) is 4.98 Å². The van der Waals surface area contributed by atoms with E-state index in [0.717, 1.165) is 43.7 Å². The van der Waals surface area contributed by atoms with E-state index >= 15 is 0 Å². The average Bonchev–Trinajstić information content (AvgIpc) is 3.15. The summed E-state index contributed by atoms with van der Waals surface area (Å²) in [6, 6.07) is 4.87. The maximum atomic E-state index is 9.52. The first-order valence-electron chi connectivity index (χ1n) is 8.18. The first-order chi connectivity index (χ1) is 10.3. The fraction of sp³-hybridized carbons (Fsp3) is 0.647. The summed E-state index contributed by atoms with van der Waals surface area (Å²) < 4.78 is 0. The molecule has 0 radical (unpaired) electrons. The van der Waals surface area contributed by atoms with Gasteiger partial charge in [0.15, 0.2) is 0 Å². The van der Waals surface area contributed by atoms with Crippen molar-refractivity contribution >= 4 is 5.82 Å². The Morgan fingerprint density at radius 2 is 2.24 bits per heavy atom. The molecule has 0 aliphatic heterocycles. The molecule has 2 unspecified atom stereocenters. The van der Waals surface area contributed by atoms with Gasteiger partial charge in [0, 0.05) is 18.3 Å². The molecule has 1 fully saturated rings. The van der Waals surface area contributed by atoms with E-state index in [-0.39, 0.29) is 0 Å². The van der Waals surface area contributed by atoms with Crippen LogP contribution in [-0.2, 0) is 12.8 Å². The molecule has 0 amide bonds. The van der Waals surface area contributed by atoms with E-state index in [0.29, 0.717) is 12.0 Å². The smallest absolute Gasteiger partial charge is 0.147 e. The molecular formula is C17H24N4. The number of fused-ring (bicyclic) bond motifs is 1. The van der Waals surface area contributed by atoms with Crippen LogP contribution >= 0.6 is 0 Å². The summed E-state index contributed by atoms with van der Waals surface area (Å²) in [5, 5.41) is 9.52. The molecule has 112 valence electrons. The van der Waals surface area contributed by atoms with Gasteiger partial charge in [-0.1, -0.05) is 6.42 Å². The molecule has 2 aliphatic carbocycles. The van der Waals surface area contributed by atoms with Crippen molar-refractivity contribution in [3.63, 3.8) is 0 Å². The normalized spacial score (nSPS) is 23.9. The predicted molar refractivity (Wildman–Crippen MR) is 84.2 cm³/mol. The van der Waals surface area contributed by atoms with Gasteiger partial charge in [-0.3, -0.25) is 0 Å². The first-order valence-corrected chi connectivity index (χ1v) is 8.18. The molecule has 2 aliphatic rings. The molecule has 2 atom stereocenters. The third kappa shape index (κ3) is 2.51. The molecule has 4 nitrogen and oxygen atoms in total. The zero-order chi connectivity index (χ0) is 14.8. The second-order valence-electron chi connectivity index (χ2n) is 6.21. The Morgan fingerprint density at radius 3 is 2.95 bits per heavy atom. The van der Waals surface area contributed by atoms with Crippen molar-refractivity contribution in [2.24, 2.45) is 11.7 Å². The molecule has 2 N–H and O–H groups in total. The largest absolute Gasteiger partial charge is 0.352 e. The summed E-state index contributed by atoms with van der Waals surface area (Å²) in [5.41, 5.74) is 9.15. The summed E-state index contributed by atoms with van der Waals surface area (Å²) in [5.74, 6) is 1.43. The van der Waals surface area contributed by atoms with Gasteiger partial charge < -0.3 is 10.6 Å². The number of nitrogens with two attached hydrogens (primary N) is 1. The zero-order valence-corrected chi connectivity index (χ0v) is 12.8. The van der Waals surface area contributed by atoms with Gasteiger partial charge in [0.1, 0.15) is 11.9 Å². The highest BCUT2D eigenvalue weighted by molar-refractivity contribution is 5.57. The number of aryl methyl sites for hydroxylation is 2. The lowest BCUT2D eigenvalue weighted by atomic mass is 10.0. The topological polar surface area (TPSA) is 65.9 Å². The van der Waals surface area contributed by atoms with Crippen molar-refractivity contribution in [3.8, 4) is 6.07 Å². The Balaban J connectivity index is 1.99. The fourth-order valence-electron chi connectivity index (χ4n) is 4.01. The highest BCUT2D eigenvalue weighted by atomic mass is 15.2. The molecule has 1 saturated carbocycles. The number of pyridine rings is 1. The molecule has 0 spiro atoms. The molecule has 0 bridgehead atoms. The zero-order valence-electron chi connectivity index (χ0n) is 12.8. The van der Waals surface area contributed by atoms with Gasteiger partial charge in [0.2, 0.25) is 0 Å². The highest BCUT2D eigenvalue weighted by Gasteiger charge is 2.33. The van der Waals surface area contributed by atoms with Crippen LogP contribution in [0.15, 0.2) is 6.07 Å². The third-order valence-corrected chi connectivity index (χ3v) is 5.09. The summed E-state index contributed by atoms with van der Waals surface area (Å²) in [6.07, 6.45) is 6.88. The summed E-state index contributed by atoms with van der Waals surface area (Å²) in [4.78, 5) is 7.21. The number of rotatable bonds is 4. The van der Waals surface area contributed by atoms with E-state index in [1.807, 2.05) is 0 Å². The van der Waals surface area contributed by atoms with E-state index in [9.17, 15) is 5.26 Å². The number of nitrogens with zero attached hydrogens (tertiary/aromatic N) is 3. The summed E-state index contributed by atoms with van der Waals surface area (Å²) in [7, 11) is 0. The Hall–Kier alpha value is -1.60. The van der Waals surface area contributed by atoms with Gasteiger partial charge in [-0.15, -0.1) is 0 Å². The monoisotopic (exact) mass is 284 g/mol. The predicted octanol–water partition coefficient (Wildman–Crippen LogP) is 2.40. The third-order valence-electron chi connectivity index (χ3n) is 5.09. The van der Waals surface area contributed by atoms with Gasteiger partial charge >= 0.3 is 0 Å². The van der Waals surface area contributed by atoms with Crippen LogP contribution in [0.3, 0.4) is 0 Å². The van der Waals surface area contributed by atoms with Crippen LogP contribution in [0.5, 0.6) is 0 Å². The van der Waals surface area contributed by atoms with Gasteiger partial charge in [-0.05, 0) is 63.1 Å². The Morgan fingerprint density at radius 1 is 1.38 bits per heavy atom. The standard InChI is InChI=1S/C17H24N4/c1-2-21(16-8-4-6-13(16)10-18)17-14(11-19)9-12-5-3-7-15(12)20-17/h9,13,16H,2-8,10,18H2,1H3. The van der Waals surface area contributed by atoms with E-state index < -0.39 is 0 Å². The van der Waals surface area contributed by atoms with E-state index in [1.165, 1.54) is 30.5 Å². The van der Waals surface area contributed by atoms with Crippen LogP contribution in [0.2, 0.25) is 0 Å². The van der Waals surface area contributed by atoms with Crippen molar-refractivity contribution in [2.75, 3.05) is 18.0 Å². The number of aromatic nitrogens is 1. The van der Waals surface area contributed by atoms with Crippen LogP contribution in [0.25, 0.3) is 0 Å². The number of hydrogen-bond acceptors (Lipinski definition) is 4. The number of nitriles is 1. The molecular weight excluding hydrogens is 260 g/mol. The van der Waals surface area contributed by atoms with Crippen molar-refractivity contribution in [3.05, 3.63) is 22.9 Å². The minimum atomic E-state index is 0.444. The van der Waals surface area contributed by atoms with E-state index in [4.69, 9.17) is 10.7 Å². The molecule has 21 heavy (non-hydrogen) atoms. The maximum absolute atomic E-state index is 9.52. The van der Waals surface area contributed by atoms with Crippen LogP contribution in [0.1, 0.15) is 49.4 Å². The van der Waals surface area contributed by atoms with E-state index in [2.05, 4.69) is 24.0 Å². The van der Waals surface area contributed by atoms with Crippen molar-refractivity contribution in [1.82, 2.24) is 4.98 Å². The molecule has 1 aromatic heterocycles. The Labute approximate surface area is 127 Å². The molecule has 1 heterocycles. The lowest BCUT2D eigenvalue weighted by Crippen LogP contribution is -2.41. The number of anilines is 1. The van der Waals surface area contributed by atoms with Crippen LogP contribution in [0, 0.1) is 17.2 Å². The van der Waals surface area contributed by atoms with Gasteiger partial charge in [0.25, 0.3) is 0 Å². The van der Waals surface area contributed by atoms with Gasteiger partial charge in [0.05, 0.1) is 5.56 Å². The quantitative estimate of drug-likeness (QED) is 0.922. The SMILES string of the molecule is CCN(c1nc2c(cc1C#N)CCC2)C1CCCC1CN. The van der Waals surface area contributed by atoms with Crippen LogP contribution in [-0.4, -0.2) is 24.1 Å². The van der Waals surface area contributed by atoms with Crippen molar-refractivity contribution in [2.45, 2.75) is 51.5 Å². The first kappa shape index (κ1) is 14.3. The summed E-state index contributed by atoms with van der Waals surface area (Å²) >= 11 is 0. The van der Waals surface area contributed by atoms with Crippen LogP contribution < -0.4 is 10.6 Å². The molecule has 3 rings (SSSR count). The highest BCUT2D eigenvalue weighted by Crippen LogP contribution is 2.34. The summed E-state index contributed by atoms with van der Waals surface area (Å²) in [6.45, 7) is 3.78. The lowest BCUT2D eigenvalue weighted by molar-refractivity contribution is 0.459. The Kier molecular flexibility index (Phi) is 4.12. The van der Waals surface area contributed by atoms with E-state index in [1.54, 1.807) is 0 Å². The van der Waals surface area contributed by atoms with Crippen molar-refractivity contribution in [1.29, 1.82) is 5.26 Å².